The Morgan fingerprint density at radius 1 is 1.31 bits per heavy atom. The fourth-order valence-corrected chi connectivity index (χ4v) is 3.59. The Labute approximate surface area is 156 Å². The number of nitrogens with zero attached hydrogens (tertiary/aromatic N) is 2. The van der Waals surface area contributed by atoms with Crippen LogP contribution in [0.3, 0.4) is 0 Å². The summed E-state index contributed by atoms with van der Waals surface area (Å²) in [5.74, 6) is 1.78. The third kappa shape index (κ3) is 4.21. The molecule has 1 amide bonds. The Bertz CT molecular complexity index is 676. The highest BCUT2D eigenvalue weighted by molar-refractivity contribution is 5.92. The summed E-state index contributed by atoms with van der Waals surface area (Å²) in [4.78, 5) is 16.9. The second-order valence-corrected chi connectivity index (χ2v) is 7.35. The lowest BCUT2D eigenvalue weighted by Crippen LogP contribution is -2.50. The lowest BCUT2D eigenvalue weighted by atomic mass is 10.1. The van der Waals surface area contributed by atoms with Crippen molar-refractivity contribution >= 4 is 12.0 Å². The number of benzene rings is 1. The number of piperazine rings is 1. The van der Waals surface area contributed by atoms with Crippen LogP contribution < -0.4 is 9.47 Å². The molecule has 3 rings (SSSR count). The predicted molar refractivity (Wildman–Crippen MR) is 104 cm³/mol. The number of fused-ring (bicyclic) bond motifs is 1. The number of rotatable bonds is 5. The zero-order valence-corrected chi connectivity index (χ0v) is 16.3. The van der Waals surface area contributed by atoms with Crippen molar-refractivity contribution < 1.29 is 14.3 Å². The molecular formula is C21H30N2O3. The maximum atomic E-state index is 12.6. The molecule has 0 aliphatic carbocycles. The second-order valence-electron chi connectivity index (χ2n) is 7.35. The van der Waals surface area contributed by atoms with E-state index in [1.165, 1.54) is 5.56 Å². The van der Waals surface area contributed by atoms with Gasteiger partial charge in [0, 0.05) is 55.8 Å². The molecule has 2 aliphatic heterocycles. The smallest absolute Gasteiger partial charge is 0.246 e. The summed E-state index contributed by atoms with van der Waals surface area (Å²) in [6.07, 6.45) is 4.61. The highest BCUT2D eigenvalue weighted by atomic mass is 16.5. The molecule has 0 radical (unpaired) electrons. The summed E-state index contributed by atoms with van der Waals surface area (Å²) in [5.41, 5.74) is 2.07. The van der Waals surface area contributed by atoms with Gasteiger partial charge in [-0.25, -0.2) is 0 Å². The van der Waals surface area contributed by atoms with Crippen LogP contribution in [0.5, 0.6) is 11.5 Å². The van der Waals surface area contributed by atoms with Gasteiger partial charge in [-0.15, -0.1) is 0 Å². The van der Waals surface area contributed by atoms with Gasteiger partial charge in [-0.3, -0.25) is 9.69 Å². The van der Waals surface area contributed by atoms with Crippen LogP contribution in [-0.4, -0.2) is 60.6 Å². The first-order valence-electron chi connectivity index (χ1n) is 9.65. The number of hydrogen-bond donors (Lipinski definition) is 0. The molecule has 26 heavy (non-hydrogen) atoms. The van der Waals surface area contributed by atoms with Crippen molar-refractivity contribution in [2.24, 2.45) is 0 Å². The van der Waals surface area contributed by atoms with Crippen molar-refractivity contribution in [1.82, 2.24) is 9.80 Å². The number of ether oxygens (including phenoxy) is 2. The molecule has 0 N–H and O–H groups in total. The van der Waals surface area contributed by atoms with Crippen molar-refractivity contribution in [2.75, 3.05) is 32.8 Å². The second kappa shape index (κ2) is 8.12. The first-order valence-corrected chi connectivity index (χ1v) is 9.65. The van der Waals surface area contributed by atoms with Crippen molar-refractivity contribution in [3.05, 3.63) is 29.3 Å². The molecule has 1 saturated heterocycles. The Morgan fingerprint density at radius 2 is 2.04 bits per heavy atom. The van der Waals surface area contributed by atoms with Crippen LogP contribution in [0, 0.1) is 0 Å². The minimum Gasteiger partial charge on any atom is -0.493 e. The average molecular weight is 358 g/mol. The molecule has 0 aromatic heterocycles. The van der Waals surface area contributed by atoms with E-state index < -0.39 is 0 Å². The molecule has 1 fully saturated rings. The van der Waals surface area contributed by atoms with Crippen molar-refractivity contribution in [3.63, 3.8) is 0 Å². The van der Waals surface area contributed by atoms with Gasteiger partial charge in [-0.1, -0.05) is 0 Å². The predicted octanol–water partition coefficient (Wildman–Crippen LogP) is 2.97. The van der Waals surface area contributed by atoms with Gasteiger partial charge in [0.1, 0.15) is 17.6 Å². The fraction of sp³-hybridized carbons (Fsp3) is 0.571. The largest absolute Gasteiger partial charge is 0.493 e. The lowest BCUT2D eigenvalue weighted by molar-refractivity contribution is -0.127. The first kappa shape index (κ1) is 18.8. The molecule has 5 heteroatoms. The van der Waals surface area contributed by atoms with Crippen LogP contribution >= 0.6 is 0 Å². The third-order valence-corrected chi connectivity index (χ3v) is 5.09. The van der Waals surface area contributed by atoms with Gasteiger partial charge >= 0.3 is 0 Å². The van der Waals surface area contributed by atoms with Crippen LogP contribution in [0.4, 0.5) is 0 Å². The molecule has 142 valence electrons. The SMILES string of the molecule is CCOc1cc2c(cc1/C=C/C(=O)N1CCN(C(C)C)CC1)OC(C)C2. The van der Waals surface area contributed by atoms with Gasteiger partial charge in [0.15, 0.2) is 0 Å². The molecule has 2 aliphatic rings. The Morgan fingerprint density at radius 3 is 2.69 bits per heavy atom. The molecule has 1 aromatic carbocycles. The number of carbonyl (C=O) groups excluding carboxylic acids is 1. The van der Waals surface area contributed by atoms with E-state index in [1.54, 1.807) is 6.08 Å². The molecule has 0 spiro atoms. The van der Waals surface area contributed by atoms with E-state index in [0.717, 1.165) is 49.7 Å². The summed E-state index contributed by atoms with van der Waals surface area (Å²) >= 11 is 0. The third-order valence-electron chi connectivity index (χ3n) is 5.09. The fourth-order valence-electron chi connectivity index (χ4n) is 3.59. The highest BCUT2D eigenvalue weighted by Crippen LogP contribution is 2.35. The Kier molecular flexibility index (Phi) is 5.87. The summed E-state index contributed by atoms with van der Waals surface area (Å²) in [6.45, 7) is 12.5. The molecule has 1 unspecified atom stereocenters. The van der Waals surface area contributed by atoms with E-state index in [-0.39, 0.29) is 12.0 Å². The first-order chi connectivity index (χ1) is 12.5. The quantitative estimate of drug-likeness (QED) is 0.759. The van der Waals surface area contributed by atoms with Crippen LogP contribution in [0.2, 0.25) is 0 Å². The van der Waals surface area contributed by atoms with E-state index in [1.807, 2.05) is 30.0 Å². The van der Waals surface area contributed by atoms with Crippen molar-refractivity contribution in [1.29, 1.82) is 0 Å². The van der Waals surface area contributed by atoms with Crippen LogP contribution in [-0.2, 0) is 11.2 Å². The average Bonchev–Trinajstić information content (AvgIpc) is 2.98. The van der Waals surface area contributed by atoms with Gasteiger partial charge in [-0.05, 0) is 45.9 Å². The van der Waals surface area contributed by atoms with E-state index in [9.17, 15) is 4.79 Å². The van der Waals surface area contributed by atoms with E-state index >= 15 is 0 Å². The number of amides is 1. The highest BCUT2D eigenvalue weighted by Gasteiger charge is 2.23. The van der Waals surface area contributed by atoms with Crippen molar-refractivity contribution in [3.8, 4) is 11.5 Å². The summed E-state index contributed by atoms with van der Waals surface area (Å²) in [7, 11) is 0. The summed E-state index contributed by atoms with van der Waals surface area (Å²) in [6, 6.07) is 4.57. The van der Waals surface area contributed by atoms with Gasteiger partial charge in [0.25, 0.3) is 0 Å². The number of hydrogen-bond acceptors (Lipinski definition) is 4. The molecule has 0 bridgehead atoms. The maximum absolute atomic E-state index is 12.6. The van der Waals surface area contributed by atoms with Gasteiger partial charge in [0.05, 0.1) is 6.61 Å². The summed E-state index contributed by atoms with van der Waals surface area (Å²) in [5, 5.41) is 0. The van der Waals surface area contributed by atoms with Crippen LogP contribution in [0.15, 0.2) is 18.2 Å². The normalized spacial score (nSPS) is 20.5. The molecule has 1 atom stereocenters. The number of carbonyl (C=O) groups is 1. The van der Waals surface area contributed by atoms with E-state index in [0.29, 0.717) is 12.6 Å². The molecule has 1 aromatic rings. The molecular weight excluding hydrogens is 328 g/mol. The molecule has 0 saturated carbocycles. The Hall–Kier alpha value is -2.01. The topological polar surface area (TPSA) is 42.0 Å². The monoisotopic (exact) mass is 358 g/mol. The molecule has 2 heterocycles. The minimum absolute atomic E-state index is 0.0608. The zero-order valence-electron chi connectivity index (χ0n) is 16.3. The molecule has 5 nitrogen and oxygen atoms in total. The zero-order chi connectivity index (χ0) is 18.7. The van der Waals surface area contributed by atoms with Crippen LogP contribution in [0.1, 0.15) is 38.8 Å². The van der Waals surface area contributed by atoms with E-state index in [2.05, 4.69) is 25.7 Å². The van der Waals surface area contributed by atoms with Crippen molar-refractivity contribution in [2.45, 2.75) is 46.3 Å². The van der Waals surface area contributed by atoms with Gasteiger partial charge in [0.2, 0.25) is 5.91 Å². The van der Waals surface area contributed by atoms with Gasteiger partial charge in [-0.2, -0.15) is 0 Å². The van der Waals surface area contributed by atoms with Crippen LogP contribution in [0.25, 0.3) is 6.08 Å². The van der Waals surface area contributed by atoms with E-state index in [4.69, 9.17) is 9.47 Å². The standard InChI is InChI=1S/C21H30N2O3/c1-5-25-19-14-18-12-16(4)26-20(18)13-17(19)6-7-21(24)23-10-8-22(9-11-23)15(2)3/h6-7,13-16H,5,8-12H2,1-4H3/b7-6+. The summed E-state index contributed by atoms with van der Waals surface area (Å²) < 4.78 is 11.6. The Balaban J connectivity index is 1.70. The minimum atomic E-state index is 0.0608. The maximum Gasteiger partial charge on any atom is 0.246 e. The van der Waals surface area contributed by atoms with Gasteiger partial charge < -0.3 is 14.4 Å². The lowest BCUT2D eigenvalue weighted by Gasteiger charge is -2.36.